The molecular weight excluding hydrogens is 422 g/mol. The van der Waals surface area contributed by atoms with Gasteiger partial charge in [-0.3, -0.25) is 14.9 Å². The fourth-order valence-electron chi connectivity index (χ4n) is 2.63. The van der Waals surface area contributed by atoms with Crippen LogP contribution >= 0.6 is 11.6 Å². The molecule has 0 radical (unpaired) electrons. The van der Waals surface area contributed by atoms with Crippen LogP contribution in [-0.2, 0) is 0 Å². The largest absolute Gasteiger partial charge is 0.497 e. The zero-order valence-corrected chi connectivity index (χ0v) is 17.0. The summed E-state index contributed by atoms with van der Waals surface area (Å²) in [7, 11) is 1.44. The molecule has 3 aromatic carbocycles. The van der Waals surface area contributed by atoms with Gasteiger partial charge in [0.25, 0.3) is 5.69 Å². The first-order chi connectivity index (χ1) is 14.9. The SMILES string of the molecule is COc1ccc(C(=O)/C=C/c2ccc(Cl)cc2)c(OC(=O)c2ccc([N+](=O)[O-])cc2)c1. The van der Waals surface area contributed by atoms with Crippen molar-refractivity contribution in [2.24, 2.45) is 0 Å². The van der Waals surface area contributed by atoms with Crippen LogP contribution in [0, 0.1) is 10.1 Å². The Kier molecular flexibility index (Phi) is 6.79. The van der Waals surface area contributed by atoms with Crippen LogP contribution in [0.3, 0.4) is 0 Å². The van der Waals surface area contributed by atoms with Crippen molar-refractivity contribution in [2.75, 3.05) is 7.11 Å². The number of benzene rings is 3. The standard InChI is InChI=1S/C23H16ClNO6/c1-30-19-11-12-20(21(26)13-4-15-2-7-17(24)8-3-15)22(14-19)31-23(27)16-5-9-18(10-6-16)25(28)29/h2-14H,1H3/b13-4+. The third kappa shape index (κ3) is 5.55. The Morgan fingerprint density at radius 2 is 1.68 bits per heavy atom. The summed E-state index contributed by atoms with van der Waals surface area (Å²) in [6.07, 6.45) is 2.97. The van der Waals surface area contributed by atoms with E-state index in [9.17, 15) is 19.7 Å². The van der Waals surface area contributed by atoms with Crippen LogP contribution < -0.4 is 9.47 Å². The van der Waals surface area contributed by atoms with Crippen LogP contribution in [0.25, 0.3) is 6.08 Å². The van der Waals surface area contributed by atoms with E-state index in [0.29, 0.717) is 10.8 Å². The van der Waals surface area contributed by atoms with Gasteiger partial charge in [0.1, 0.15) is 11.5 Å². The molecule has 156 valence electrons. The van der Waals surface area contributed by atoms with Crippen LogP contribution in [0.1, 0.15) is 26.3 Å². The van der Waals surface area contributed by atoms with Gasteiger partial charge in [0.05, 0.1) is 23.2 Å². The molecule has 0 aromatic heterocycles. The number of ether oxygens (including phenoxy) is 2. The molecule has 7 nitrogen and oxygen atoms in total. The van der Waals surface area contributed by atoms with Gasteiger partial charge in [-0.15, -0.1) is 0 Å². The molecule has 0 unspecified atom stereocenters. The van der Waals surface area contributed by atoms with Crippen molar-refractivity contribution >= 4 is 35.1 Å². The molecule has 0 N–H and O–H groups in total. The van der Waals surface area contributed by atoms with E-state index < -0.39 is 10.9 Å². The summed E-state index contributed by atoms with van der Waals surface area (Å²) in [5.74, 6) is -0.749. The number of carbonyl (C=O) groups excluding carboxylic acids is 2. The number of halogens is 1. The van der Waals surface area contributed by atoms with Crippen molar-refractivity contribution in [2.45, 2.75) is 0 Å². The maximum atomic E-state index is 12.7. The highest BCUT2D eigenvalue weighted by Crippen LogP contribution is 2.27. The lowest BCUT2D eigenvalue weighted by Crippen LogP contribution is -2.11. The highest BCUT2D eigenvalue weighted by molar-refractivity contribution is 6.30. The second kappa shape index (κ2) is 9.69. The van der Waals surface area contributed by atoms with Crippen molar-refractivity contribution in [1.82, 2.24) is 0 Å². The van der Waals surface area contributed by atoms with E-state index in [2.05, 4.69) is 0 Å². The van der Waals surface area contributed by atoms with E-state index in [-0.39, 0.29) is 28.3 Å². The van der Waals surface area contributed by atoms with E-state index in [0.717, 1.165) is 5.56 Å². The topological polar surface area (TPSA) is 95.7 Å². The Hall–Kier alpha value is -3.97. The molecule has 0 spiro atoms. The number of ketones is 1. The average Bonchev–Trinajstić information content (AvgIpc) is 2.78. The van der Waals surface area contributed by atoms with Crippen LogP contribution in [0.15, 0.2) is 72.8 Å². The Bertz CT molecular complexity index is 1150. The summed E-state index contributed by atoms with van der Waals surface area (Å²) < 4.78 is 10.6. The lowest BCUT2D eigenvalue weighted by molar-refractivity contribution is -0.384. The number of esters is 1. The number of carbonyl (C=O) groups is 2. The van der Waals surface area contributed by atoms with Crippen molar-refractivity contribution < 1.29 is 24.0 Å². The zero-order valence-electron chi connectivity index (χ0n) is 16.3. The lowest BCUT2D eigenvalue weighted by atomic mass is 10.1. The molecular formula is C23H16ClNO6. The first-order valence-electron chi connectivity index (χ1n) is 9.00. The average molecular weight is 438 g/mol. The summed E-state index contributed by atoms with van der Waals surface area (Å²) in [6, 6.07) is 16.4. The molecule has 0 fully saturated rings. The number of methoxy groups -OCH3 is 1. The third-order valence-corrected chi connectivity index (χ3v) is 4.52. The molecule has 0 saturated carbocycles. The lowest BCUT2D eigenvalue weighted by Gasteiger charge is -2.10. The number of nitro benzene ring substituents is 1. The fraction of sp³-hybridized carbons (Fsp3) is 0.0435. The molecule has 31 heavy (non-hydrogen) atoms. The highest BCUT2D eigenvalue weighted by atomic mass is 35.5. The van der Waals surface area contributed by atoms with E-state index in [4.69, 9.17) is 21.1 Å². The predicted molar refractivity (Wildman–Crippen MR) is 116 cm³/mol. The number of nitro groups is 1. The molecule has 3 rings (SSSR count). The van der Waals surface area contributed by atoms with Crippen molar-refractivity contribution in [3.8, 4) is 11.5 Å². The van der Waals surface area contributed by atoms with Crippen LogP contribution in [-0.4, -0.2) is 23.8 Å². The number of non-ortho nitro benzene ring substituents is 1. The molecule has 0 amide bonds. The number of rotatable bonds is 7. The Morgan fingerprint density at radius 3 is 2.29 bits per heavy atom. The van der Waals surface area contributed by atoms with Crippen LogP contribution in [0.5, 0.6) is 11.5 Å². The van der Waals surface area contributed by atoms with Crippen molar-refractivity contribution in [1.29, 1.82) is 0 Å². The summed E-state index contributed by atoms with van der Waals surface area (Å²) in [5.41, 5.74) is 0.877. The van der Waals surface area contributed by atoms with Gasteiger partial charge in [0.2, 0.25) is 0 Å². The Labute approximate surface area is 182 Å². The second-order valence-electron chi connectivity index (χ2n) is 6.30. The van der Waals surface area contributed by atoms with E-state index >= 15 is 0 Å². The van der Waals surface area contributed by atoms with Gasteiger partial charge in [0, 0.05) is 23.2 Å². The van der Waals surface area contributed by atoms with Gasteiger partial charge < -0.3 is 9.47 Å². The minimum Gasteiger partial charge on any atom is -0.497 e. The minimum atomic E-state index is -0.765. The summed E-state index contributed by atoms with van der Waals surface area (Å²) >= 11 is 5.86. The van der Waals surface area contributed by atoms with Crippen LogP contribution in [0.2, 0.25) is 5.02 Å². The van der Waals surface area contributed by atoms with Gasteiger partial charge >= 0.3 is 5.97 Å². The molecule has 0 bridgehead atoms. The van der Waals surface area contributed by atoms with Gasteiger partial charge in [-0.1, -0.05) is 29.8 Å². The van der Waals surface area contributed by atoms with E-state index in [1.54, 1.807) is 36.4 Å². The first kappa shape index (κ1) is 21.7. The maximum Gasteiger partial charge on any atom is 0.343 e. The maximum absolute atomic E-state index is 12.7. The Morgan fingerprint density at radius 1 is 1.00 bits per heavy atom. The number of hydrogen-bond donors (Lipinski definition) is 0. The molecule has 0 aliphatic rings. The predicted octanol–water partition coefficient (Wildman–Crippen LogP) is 5.37. The molecule has 0 aliphatic heterocycles. The number of hydrogen-bond acceptors (Lipinski definition) is 6. The molecule has 0 saturated heterocycles. The van der Waals surface area contributed by atoms with Gasteiger partial charge in [-0.25, -0.2) is 4.79 Å². The first-order valence-corrected chi connectivity index (χ1v) is 9.38. The highest BCUT2D eigenvalue weighted by Gasteiger charge is 2.17. The van der Waals surface area contributed by atoms with Crippen LogP contribution in [0.4, 0.5) is 5.69 Å². The van der Waals surface area contributed by atoms with E-state index in [1.807, 2.05) is 0 Å². The molecule has 3 aromatic rings. The number of allylic oxidation sites excluding steroid dienone is 1. The molecule has 0 aliphatic carbocycles. The molecule has 8 heteroatoms. The van der Waals surface area contributed by atoms with Crippen molar-refractivity contribution in [3.05, 3.63) is 105 Å². The molecule has 0 atom stereocenters. The van der Waals surface area contributed by atoms with Gasteiger partial charge in [0.15, 0.2) is 5.78 Å². The monoisotopic (exact) mass is 437 g/mol. The summed E-state index contributed by atoms with van der Waals surface area (Å²) in [5, 5.41) is 11.4. The molecule has 0 heterocycles. The Balaban J connectivity index is 1.85. The zero-order chi connectivity index (χ0) is 22.4. The summed E-state index contributed by atoms with van der Waals surface area (Å²) in [4.78, 5) is 35.4. The normalized spacial score (nSPS) is 10.6. The smallest absolute Gasteiger partial charge is 0.343 e. The van der Waals surface area contributed by atoms with E-state index in [1.165, 1.54) is 49.6 Å². The quantitative estimate of drug-likeness (QED) is 0.123. The third-order valence-electron chi connectivity index (χ3n) is 4.27. The van der Waals surface area contributed by atoms with Gasteiger partial charge in [-0.2, -0.15) is 0 Å². The minimum absolute atomic E-state index is 0.00783. The number of nitrogens with zero attached hydrogens (tertiary/aromatic N) is 1. The van der Waals surface area contributed by atoms with Gasteiger partial charge in [-0.05, 0) is 48.0 Å². The fourth-order valence-corrected chi connectivity index (χ4v) is 2.76. The summed E-state index contributed by atoms with van der Waals surface area (Å²) in [6.45, 7) is 0. The van der Waals surface area contributed by atoms with Crippen molar-refractivity contribution in [3.63, 3.8) is 0 Å². The second-order valence-corrected chi connectivity index (χ2v) is 6.74.